The van der Waals surface area contributed by atoms with Crippen LogP contribution in [0.4, 0.5) is 4.39 Å². The predicted octanol–water partition coefficient (Wildman–Crippen LogP) is 2.89. The summed E-state index contributed by atoms with van der Waals surface area (Å²) < 4.78 is 13.1. The number of nitrogens with one attached hydrogen (secondary N) is 3. The lowest BCUT2D eigenvalue weighted by Crippen LogP contribution is -2.51. The first kappa shape index (κ1) is 19.1. The highest BCUT2D eigenvalue weighted by Crippen LogP contribution is 2.26. The highest BCUT2D eigenvalue weighted by atomic mass is 19.1. The number of halogens is 1. The fourth-order valence-electron chi connectivity index (χ4n) is 4.10. The second kappa shape index (κ2) is 8.39. The smallest absolute Gasteiger partial charge is 0.251 e. The van der Waals surface area contributed by atoms with Gasteiger partial charge in [0.05, 0.1) is 6.17 Å². The Bertz CT molecular complexity index is 818. The molecule has 148 valence electrons. The minimum atomic E-state index is -0.207. The lowest BCUT2D eigenvalue weighted by molar-refractivity contribution is 0.0880. The van der Waals surface area contributed by atoms with E-state index < -0.39 is 0 Å². The summed E-state index contributed by atoms with van der Waals surface area (Å²) >= 11 is 0. The van der Waals surface area contributed by atoms with Gasteiger partial charge in [0, 0.05) is 30.7 Å². The van der Waals surface area contributed by atoms with E-state index in [1.165, 1.54) is 12.1 Å². The number of hydrogen-bond donors (Lipinski definition) is 3. The molecule has 2 aliphatic heterocycles. The molecule has 0 aromatic heterocycles. The average molecular weight is 382 g/mol. The predicted molar refractivity (Wildman–Crippen MR) is 107 cm³/mol. The fourth-order valence-corrected chi connectivity index (χ4v) is 4.10. The van der Waals surface area contributed by atoms with E-state index in [1.807, 2.05) is 43.3 Å². The number of amides is 1. The van der Waals surface area contributed by atoms with Gasteiger partial charge in [-0.2, -0.15) is 0 Å². The fraction of sp³-hybridized carbons (Fsp3) is 0.409. The zero-order valence-corrected chi connectivity index (χ0v) is 16.1. The zero-order valence-electron chi connectivity index (χ0n) is 16.1. The molecule has 0 radical (unpaired) electrons. The summed E-state index contributed by atoms with van der Waals surface area (Å²) in [6, 6.07) is 14.8. The second-order valence-corrected chi connectivity index (χ2v) is 7.80. The van der Waals surface area contributed by atoms with Crippen LogP contribution in [0.2, 0.25) is 0 Å². The Labute approximate surface area is 165 Å². The van der Waals surface area contributed by atoms with E-state index in [0.717, 1.165) is 49.0 Å². The van der Waals surface area contributed by atoms with Crippen molar-refractivity contribution in [3.63, 3.8) is 0 Å². The van der Waals surface area contributed by atoms with Crippen LogP contribution in [0.5, 0.6) is 0 Å². The maximum absolute atomic E-state index is 13.1. The van der Waals surface area contributed by atoms with Crippen LogP contribution in [0.25, 0.3) is 0 Å². The van der Waals surface area contributed by atoms with Crippen molar-refractivity contribution in [1.82, 2.24) is 21.1 Å². The number of carbonyl (C=O) groups excluding carboxylic acids is 1. The number of carbonyl (C=O) groups is 1. The number of likely N-dealkylation sites (tertiary alicyclic amines) is 1. The molecular weight excluding hydrogens is 355 g/mol. The molecule has 5 nitrogen and oxygen atoms in total. The molecule has 4 rings (SSSR count). The van der Waals surface area contributed by atoms with Gasteiger partial charge in [-0.1, -0.05) is 29.8 Å². The summed E-state index contributed by atoms with van der Waals surface area (Å²) in [5.41, 5.74) is 9.62. The summed E-state index contributed by atoms with van der Waals surface area (Å²) in [6.45, 7) is 3.87. The van der Waals surface area contributed by atoms with E-state index in [2.05, 4.69) is 21.1 Å². The Balaban J connectivity index is 1.26. The summed E-state index contributed by atoms with van der Waals surface area (Å²) in [7, 11) is 0. The highest BCUT2D eigenvalue weighted by molar-refractivity contribution is 5.94. The van der Waals surface area contributed by atoms with E-state index >= 15 is 0 Å². The standard InChI is InChI=1S/C22H27FN4O/c1-15-3-2-4-17(13-15)22(28)24-19-9-11-27(12-10-19)21-14-20(25-26-21)16-5-7-18(23)8-6-16/h2-8,13,19-21,25-26H,9-12,14H2,1H3,(H,24,28). The van der Waals surface area contributed by atoms with Crippen LogP contribution < -0.4 is 16.2 Å². The van der Waals surface area contributed by atoms with Crippen molar-refractivity contribution in [3.8, 4) is 0 Å². The molecule has 3 N–H and O–H groups in total. The van der Waals surface area contributed by atoms with Gasteiger partial charge in [0.2, 0.25) is 0 Å². The summed E-state index contributed by atoms with van der Waals surface area (Å²) in [6.07, 6.45) is 3.07. The molecule has 6 heteroatoms. The van der Waals surface area contributed by atoms with Crippen LogP contribution in [0, 0.1) is 12.7 Å². The van der Waals surface area contributed by atoms with Gasteiger partial charge in [0.1, 0.15) is 5.82 Å². The van der Waals surface area contributed by atoms with Gasteiger partial charge in [-0.3, -0.25) is 9.69 Å². The topological polar surface area (TPSA) is 56.4 Å². The van der Waals surface area contributed by atoms with Crippen molar-refractivity contribution in [1.29, 1.82) is 0 Å². The Kier molecular flexibility index (Phi) is 5.71. The molecular formula is C22H27FN4O. The van der Waals surface area contributed by atoms with Gasteiger partial charge in [0.15, 0.2) is 0 Å². The third kappa shape index (κ3) is 4.41. The van der Waals surface area contributed by atoms with Crippen molar-refractivity contribution < 1.29 is 9.18 Å². The molecule has 2 saturated heterocycles. The number of hydrazine groups is 1. The van der Waals surface area contributed by atoms with Gasteiger partial charge < -0.3 is 5.32 Å². The van der Waals surface area contributed by atoms with E-state index in [1.54, 1.807) is 0 Å². The number of piperidine rings is 1. The van der Waals surface area contributed by atoms with Gasteiger partial charge >= 0.3 is 0 Å². The SMILES string of the molecule is Cc1cccc(C(=O)NC2CCN(C3CC(c4ccc(F)cc4)NN3)CC2)c1. The largest absolute Gasteiger partial charge is 0.349 e. The number of hydrogen-bond acceptors (Lipinski definition) is 4. The minimum absolute atomic E-state index is 0.0131. The van der Waals surface area contributed by atoms with Crippen LogP contribution in [0.3, 0.4) is 0 Å². The molecule has 1 amide bonds. The molecule has 2 aliphatic rings. The Morgan fingerprint density at radius 2 is 1.86 bits per heavy atom. The molecule has 0 spiro atoms. The maximum Gasteiger partial charge on any atom is 0.251 e. The number of benzene rings is 2. The molecule has 0 saturated carbocycles. The first-order valence-corrected chi connectivity index (χ1v) is 9.96. The van der Waals surface area contributed by atoms with E-state index in [9.17, 15) is 9.18 Å². The van der Waals surface area contributed by atoms with Crippen molar-refractivity contribution in [2.45, 2.75) is 44.4 Å². The van der Waals surface area contributed by atoms with Crippen molar-refractivity contribution >= 4 is 5.91 Å². The molecule has 0 aliphatic carbocycles. The first-order chi connectivity index (χ1) is 13.6. The van der Waals surface area contributed by atoms with Crippen molar-refractivity contribution in [2.24, 2.45) is 0 Å². The quantitative estimate of drug-likeness (QED) is 0.761. The molecule has 0 bridgehead atoms. The molecule has 2 aromatic rings. The molecule has 28 heavy (non-hydrogen) atoms. The summed E-state index contributed by atoms with van der Waals surface area (Å²) in [5.74, 6) is -0.194. The lowest BCUT2D eigenvalue weighted by Gasteiger charge is -2.35. The van der Waals surface area contributed by atoms with Crippen LogP contribution in [-0.2, 0) is 0 Å². The molecule has 2 fully saturated rings. The Hall–Kier alpha value is -2.28. The average Bonchev–Trinajstić information content (AvgIpc) is 3.19. The second-order valence-electron chi connectivity index (χ2n) is 7.80. The number of rotatable bonds is 4. The molecule has 2 heterocycles. The van der Waals surface area contributed by atoms with Crippen molar-refractivity contribution in [2.75, 3.05) is 13.1 Å². The molecule has 2 atom stereocenters. The van der Waals surface area contributed by atoms with E-state index in [0.29, 0.717) is 0 Å². The van der Waals surface area contributed by atoms with Crippen LogP contribution in [0.1, 0.15) is 46.8 Å². The molecule has 2 aromatic carbocycles. The Morgan fingerprint density at radius 1 is 1.11 bits per heavy atom. The van der Waals surface area contributed by atoms with Gasteiger partial charge in [-0.15, -0.1) is 0 Å². The number of nitrogens with zero attached hydrogens (tertiary/aromatic N) is 1. The maximum atomic E-state index is 13.1. The number of aryl methyl sites for hydroxylation is 1. The van der Waals surface area contributed by atoms with Gasteiger partial charge in [-0.05, 0) is 56.0 Å². The van der Waals surface area contributed by atoms with Crippen molar-refractivity contribution in [3.05, 3.63) is 71.0 Å². The lowest BCUT2D eigenvalue weighted by atomic mass is 10.0. The Morgan fingerprint density at radius 3 is 2.57 bits per heavy atom. The molecule has 2 unspecified atom stereocenters. The van der Waals surface area contributed by atoms with Crippen LogP contribution >= 0.6 is 0 Å². The normalized spacial score (nSPS) is 23.6. The zero-order chi connectivity index (χ0) is 19.5. The minimum Gasteiger partial charge on any atom is -0.349 e. The van der Waals surface area contributed by atoms with E-state index in [-0.39, 0.29) is 30.0 Å². The third-order valence-electron chi connectivity index (χ3n) is 5.74. The summed E-state index contributed by atoms with van der Waals surface area (Å²) in [4.78, 5) is 14.9. The monoisotopic (exact) mass is 382 g/mol. The van der Waals surface area contributed by atoms with Crippen LogP contribution in [0.15, 0.2) is 48.5 Å². The third-order valence-corrected chi connectivity index (χ3v) is 5.74. The summed E-state index contributed by atoms with van der Waals surface area (Å²) in [5, 5.41) is 3.18. The van der Waals surface area contributed by atoms with E-state index in [4.69, 9.17) is 0 Å². The van der Waals surface area contributed by atoms with Gasteiger partial charge in [-0.25, -0.2) is 15.2 Å². The first-order valence-electron chi connectivity index (χ1n) is 9.96. The van der Waals surface area contributed by atoms with Crippen LogP contribution in [-0.4, -0.2) is 36.1 Å². The van der Waals surface area contributed by atoms with Gasteiger partial charge in [0.25, 0.3) is 5.91 Å². The highest BCUT2D eigenvalue weighted by Gasteiger charge is 2.32.